The first-order chi connectivity index (χ1) is 17.4. The molecule has 0 bridgehead atoms. The van der Waals surface area contributed by atoms with Gasteiger partial charge < -0.3 is 23.6 Å². The third-order valence-electron chi connectivity index (χ3n) is 6.52. The topological polar surface area (TPSA) is 95.4 Å². The van der Waals surface area contributed by atoms with Crippen molar-refractivity contribution in [1.82, 2.24) is 19.7 Å². The average Bonchev–Trinajstić information content (AvgIpc) is 3.52. The van der Waals surface area contributed by atoms with Gasteiger partial charge in [-0.25, -0.2) is 9.37 Å². The third-order valence-corrected chi connectivity index (χ3v) is 6.83. The van der Waals surface area contributed by atoms with Crippen LogP contribution < -0.4 is 9.47 Å². The lowest BCUT2D eigenvalue weighted by molar-refractivity contribution is -0.0837. The lowest BCUT2D eigenvalue weighted by Gasteiger charge is -2.40. The quantitative estimate of drug-likeness (QED) is 0.347. The van der Waals surface area contributed by atoms with Crippen molar-refractivity contribution in [1.29, 1.82) is 0 Å². The van der Waals surface area contributed by atoms with Crippen molar-refractivity contribution < 1.29 is 23.4 Å². The Kier molecular flexibility index (Phi) is 6.44. The summed E-state index contributed by atoms with van der Waals surface area (Å²) in [5.74, 6) is 2.54. The number of aromatic nitrogens is 4. The molecule has 2 aromatic carbocycles. The number of halogens is 2. The number of nitrogens with zero attached hydrogens (tertiary/aromatic N) is 4. The van der Waals surface area contributed by atoms with E-state index < -0.39 is 17.5 Å². The van der Waals surface area contributed by atoms with Gasteiger partial charge >= 0.3 is 0 Å². The normalized spacial score (nSPS) is 18.1. The molecule has 0 aliphatic carbocycles. The lowest BCUT2D eigenvalue weighted by Crippen LogP contribution is -2.49. The molecule has 0 saturated heterocycles. The second-order valence-electron chi connectivity index (χ2n) is 8.75. The molecule has 2 aromatic heterocycles. The van der Waals surface area contributed by atoms with E-state index in [2.05, 4.69) is 15.2 Å². The molecule has 8 nitrogen and oxygen atoms in total. The molecule has 5 rings (SSSR count). The van der Waals surface area contributed by atoms with E-state index in [1.807, 2.05) is 29.7 Å². The molecule has 0 radical (unpaired) electrons. The molecular formula is C26H26ClFN4O4. The van der Waals surface area contributed by atoms with Gasteiger partial charge in [0, 0.05) is 25.1 Å². The summed E-state index contributed by atoms with van der Waals surface area (Å²) in [6.45, 7) is 4.28. The standard InChI is InChI=1S/C26H26ClFN4O4/c1-4-23(33)26(36-17-7-9-19(27)20(28)13-17)10-5-11-32-24(30-31-25(26)32)16-6-8-18(21(12-16)34-3)22-14-29-15(2)35-22/h6-9,12-14,23,33H,4-5,10-11H2,1-3H3. The number of benzene rings is 2. The van der Waals surface area contributed by atoms with Crippen LogP contribution in [0.4, 0.5) is 4.39 Å². The number of fused-ring (bicyclic) bond motifs is 1. The van der Waals surface area contributed by atoms with Crippen LogP contribution in [0.5, 0.6) is 11.5 Å². The van der Waals surface area contributed by atoms with Gasteiger partial charge in [-0.1, -0.05) is 24.6 Å². The van der Waals surface area contributed by atoms with E-state index in [0.29, 0.717) is 54.9 Å². The maximum absolute atomic E-state index is 14.2. The first kappa shape index (κ1) is 24.3. The number of oxazole rings is 1. The van der Waals surface area contributed by atoms with Crippen molar-refractivity contribution in [2.75, 3.05) is 7.11 Å². The Balaban J connectivity index is 1.57. The summed E-state index contributed by atoms with van der Waals surface area (Å²) >= 11 is 5.85. The summed E-state index contributed by atoms with van der Waals surface area (Å²) in [7, 11) is 1.59. The molecule has 4 aromatic rings. The summed E-state index contributed by atoms with van der Waals surface area (Å²) in [5, 5.41) is 20.1. The Morgan fingerprint density at radius 1 is 1.25 bits per heavy atom. The highest BCUT2D eigenvalue weighted by Crippen LogP contribution is 2.42. The SMILES string of the molecule is CCC(O)C1(Oc2ccc(Cl)c(F)c2)CCCn2c(-c3ccc(-c4cnc(C)o4)c(OC)c3)nnc21. The lowest BCUT2D eigenvalue weighted by atomic mass is 9.85. The number of aryl methyl sites for hydroxylation is 1. The molecule has 0 fully saturated rings. The van der Waals surface area contributed by atoms with Gasteiger partial charge in [-0.15, -0.1) is 10.2 Å². The first-order valence-electron chi connectivity index (χ1n) is 11.7. The molecule has 0 saturated carbocycles. The van der Waals surface area contributed by atoms with Crippen LogP contribution in [0.2, 0.25) is 5.02 Å². The van der Waals surface area contributed by atoms with Gasteiger partial charge in [-0.2, -0.15) is 0 Å². The third kappa shape index (κ3) is 4.12. The minimum atomic E-state index is -1.19. The average molecular weight is 513 g/mol. The number of aliphatic hydroxyl groups excluding tert-OH is 1. The predicted molar refractivity (Wildman–Crippen MR) is 131 cm³/mol. The number of methoxy groups -OCH3 is 1. The van der Waals surface area contributed by atoms with Crippen LogP contribution in [-0.4, -0.2) is 38.1 Å². The Hall–Kier alpha value is -3.43. The molecule has 2 unspecified atom stereocenters. The Morgan fingerprint density at radius 2 is 2.08 bits per heavy atom. The van der Waals surface area contributed by atoms with Gasteiger partial charge in [-0.05, 0) is 43.5 Å². The summed E-state index contributed by atoms with van der Waals surface area (Å²) < 4.78 is 33.7. The molecule has 188 valence electrons. The van der Waals surface area contributed by atoms with E-state index in [1.54, 1.807) is 26.3 Å². The Morgan fingerprint density at radius 3 is 2.78 bits per heavy atom. The predicted octanol–water partition coefficient (Wildman–Crippen LogP) is 5.55. The summed E-state index contributed by atoms with van der Waals surface area (Å²) in [4.78, 5) is 4.17. The van der Waals surface area contributed by atoms with Crippen molar-refractivity contribution in [3.63, 3.8) is 0 Å². The zero-order valence-corrected chi connectivity index (χ0v) is 20.9. The zero-order valence-electron chi connectivity index (χ0n) is 20.2. The largest absolute Gasteiger partial charge is 0.496 e. The Labute approximate surface area is 212 Å². The number of aliphatic hydroxyl groups is 1. The maximum Gasteiger partial charge on any atom is 0.194 e. The second kappa shape index (κ2) is 9.55. The van der Waals surface area contributed by atoms with Gasteiger partial charge in [0.25, 0.3) is 0 Å². The van der Waals surface area contributed by atoms with Crippen LogP contribution in [-0.2, 0) is 12.1 Å². The minimum absolute atomic E-state index is 0.000536. The highest BCUT2D eigenvalue weighted by molar-refractivity contribution is 6.30. The summed E-state index contributed by atoms with van der Waals surface area (Å²) in [5.41, 5.74) is 0.355. The van der Waals surface area contributed by atoms with Crippen molar-refractivity contribution in [2.45, 2.75) is 51.4 Å². The first-order valence-corrected chi connectivity index (χ1v) is 12.1. The molecule has 1 aliphatic heterocycles. The highest BCUT2D eigenvalue weighted by atomic mass is 35.5. The fraction of sp³-hybridized carbons (Fsp3) is 0.346. The van der Waals surface area contributed by atoms with Gasteiger partial charge in [-0.3, -0.25) is 0 Å². The van der Waals surface area contributed by atoms with Crippen LogP contribution >= 0.6 is 11.6 Å². The summed E-state index contributed by atoms with van der Waals surface area (Å²) in [6.07, 6.45) is 2.38. The molecule has 2 atom stereocenters. The van der Waals surface area contributed by atoms with E-state index in [1.165, 1.54) is 12.1 Å². The van der Waals surface area contributed by atoms with Crippen molar-refractivity contribution in [3.05, 3.63) is 65.2 Å². The number of ether oxygens (including phenoxy) is 2. The fourth-order valence-electron chi connectivity index (χ4n) is 4.73. The van der Waals surface area contributed by atoms with E-state index in [9.17, 15) is 9.50 Å². The monoisotopic (exact) mass is 512 g/mol. The number of hydrogen-bond donors (Lipinski definition) is 1. The van der Waals surface area contributed by atoms with E-state index in [-0.39, 0.29) is 10.8 Å². The molecule has 0 amide bonds. The van der Waals surface area contributed by atoms with Crippen LogP contribution in [0, 0.1) is 12.7 Å². The van der Waals surface area contributed by atoms with Gasteiger partial charge in [0.1, 0.15) is 23.4 Å². The molecular weight excluding hydrogens is 487 g/mol. The molecule has 3 heterocycles. The van der Waals surface area contributed by atoms with E-state index >= 15 is 0 Å². The maximum atomic E-state index is 14.2. The van der Waals surface area contributed by atoms with Crippen LogP contribution in [0.3, 0.4) is 0 Å². The smallest absolute Gasteiger partial charge is 0.194 e. The minimum Gasteiger partial charge on any atom is -0.496 e. The van der Waals surface area contributed by atoms with Crippen molar-refractivity contribution in [3.8, 4) is 34.2 Å². The van der Waals surface area contributed by atoms with Crippen LogP contribution in [0.25, 0.3) is 22.7 Å². The summed E-state index contributed by atoms with van der Waals surface area (Å²) in [6, 6.07) is 9.90. The number of rotatable bonds is 7. The fourth-order valence-corrected chi connectivity index (χ4v) is 4.85. The second-order valence-corrected chi connectivity index (χ2v) is 9.16. The van der Waals surface area contributed by atoms with Crippen LogP contribution in [0.15, 0.2) is 47.0 Å². The zero-order chi connectivity index (χ0) is 25.4. The van der Waals surface area contributed by atoms with Gasteiger partial charge in [0.05, 0.1) is 23.9 Å². The van der Waals surface area contributed by atoms with Gasteiger partial charge in [0.2, 0.25) is 0 Å². The Bertz CT molecular complexity index is 1400. The molecule has 0 spiro atoms. The highest BCUT2D eigenvalue weighted by Gasteiger charge is 2.48. The number of hydrogen-bond acceptors (Lipinski definition) is 7. The van der Waals surface area contributed by atoms with Crippen molar-refractivity contribution >= 4 is 11.6 Å². The van der Waals surface area contributed by atoms with E-state index in [0.717, 1.165) is 11.1 Å². The molecule has 1 N–H and O–H groups in total. The molecule has 1 aliphatic rings. The van der Waals surface area contributed by atoms with E-state index in [4.69, 9.17) is 25.5 Å². The van der Waals surface area contributed by atoms with Crippen LogP contribution in [0.1, 0.15) is 37.9 Å². The van der Waals surface area contributed by atoms with Crippen molar-refractivity contribution in [2.24, 2.45) is 0 Å². The molecule has 10 heteroatoms. The molecule has 36 heavy (non-hydrogen) atoms. The van der Waals surface area contributed by atoms with Gasteiger partial charge in [0.15, 0.2) is 28.9 Å².